The molecule has 6 heteroatoms. The van der Waals surface area contributed by atoms with Gasteiger partial charge in [0.15, 0.2) is 11.6 Å². The zero-order valence-electron chi connectivity index (χ0n) is 9.95. The third-order valence-corrected chi connectivity index (χ3v) is 3.36. The number of hydrogen-bond donors (Lipinski definition) is 2. The first kappa shape index (κ1) is 13.2. The minimum Gasteiger partial charge on any atom is -0.494 e. The first-order valence-electron chi connectivity index (χ1n) is 5.51. The van der Waals surface area contributed by atoms with Crippen LogP contribution in [0.5, 0.6) is 5.75 Å². The fourth-order valence-corrected chi connectivity index (χ4v) is 2.00. The van der Waals surface area contributed by atoms with Gasteiger partial charge >= 0.3 is 0 Å². The van der Waals surface area contributed by atoms with Crippen LogP contribution < -0.4 is 10.5 Å². The molecule has 1 fully saturated rings. The predicted octanol–water partition coefficient (Wildman–Crippen LogP) is 0.982. The lowest BCUT2D eigenvalue weighted by molar-refractivity contribution is -0.150. The molecule has 0 bridgehead atoms. The molecule has 1 aromatic carbocycles. The van der Waals surface area contributed by atoms with Crippen LogP contribution in [0.2, 0.25) is 0 Å². The van der Waals surface area contributed by atoms with E-state index >= 15 is 0 Å². The van der Waals surface area contributed by atoms with Crippen LogP contribution in [0.25, 0.3) is 0 Å². The highest BCUT2D eigenvalue weighted by atomic mass is 19.1. The van der Waals surface area contributed by atoms with Crippen molar-refractivity contribution >= 4 is 0 Å². The highest BCUT2D eigenvalue weighted by Gasteiger charge is 2.45. The number of benzene rings is 1. The number of nitrogens with two attached hydrogens (primary N) is 1. The van der Waals surface area contributed by atoms with Crippen LogP contribution >= 0.6 is 0 Å². The van der Waals surface area contributed by atoms with Gasteiger partial charge in [-0.05, 0) is 6.07 Å². The Kier molecular flexibility index (Phi) is 3.52. The van der Waals surface area contributed by atoms with Crippen LogP contribution in [0.15, 0.2) is 12.1 Å². The first-order chi connectivity index (χ1) is 8.54. The molecule has 0 spiro atoms. The standard InChI is InChI=1S/C12H15F2NO3/c1-17-10-3-8(13)7(2-9(10)14)11(15)12(4-16)5-18-6-12/h2-3,11,16H,4-6,15H2,1H3. The van der Waals surface area contributed by atoms with Crippen LogP contribution in [0.1, 0.15) is 11.6 Å². The van der Waals surface area contributed by atoms with Crippen LogP contribution in [0.4, 0.5) is 8.78 Å². The van der Waals surface area contributed by atoms with E-state index in [1.54, 1.807) is 0 Å². The largest absolute Gasteiger partial charge is 0.494 e. The molecule has 1 atom stereocenters. The quantitative estimate of drug-likeness (QED) is 0.846. The van der Waals surface area contributed by atoms with E-state index in [4.69, 9.17) is 10.5 Å². The topological polar surface area (TPSA) is 64.7 Å². The van der Waals surface area contributed by atoms with Crippen LogP contribution in [0, 0.1) is 17.0 Å². The van der Waals surface area contributed by atoms with Crippen molar-refractivity contribution in [2.45, 2.75) is 6.04 Å². The molecule has 3 N–H and O–H groups in total. The van der Waals surface area contributed by atoms with Crippen LogP contribution in [0.3, 0.4) is 0 Å². The van der Waals surface area contributed by atoms with Gasteiger partial charge in [-0.3, -0.25) is 0 Å². The molecule has 1 aliphatic rings. The fraction of sp³-hybridized carbons (Fsp3) is 0.500. The monoisotopic (exact) mass is 259 g/mol. The highest BCUT2D eigenvalue weighted by Crippen LogP contribution is 2.40. The van der Waals surface area contributed by atoms with Gasteiger partial charge in [-0.2, -0.15) is 0 Å². The van der Waals surface area contributed by atoms with E-state index < -0.39 is 23.1 Å². The average molecular weight is 259 g/mol. The van der Waals surface area contributed by atoms with Gasteiger partial charge in [0.05, 0.1) is 32.3 Å². The minimum atomic E-state index is -0.823. The van der Waals surface area contributed by atoms with E-state index in [1.165, 1.54) is 7.11 Å². The van der Waals surface area contributed by atoms with Gasteiger partial charge in [-0.15, -0.1) is 0 Å². The molecule has 18 heavy (non-hydrogen) atoms. The molecule has 1 saturated heterocycles. The molecular formula is C12H15F2NO3. The second-order valence-electron chi connectivity index (χ2n) is 4.50. The number of aliphatic hydroxyl groups excluding tert-OH is 1. The van der Waals surface area contributed by atoms with Crippen molar-refractivity contribution in [3.63, 3.8) is 0 Å². The maximum absolute atomic E-state index is 13.8. The summed E-state index contributed by atoms with van der Waals surface area (Å²) in [5, 5.41) is 9.33. The summed E-state index contributed by atoms with van der Waals surface area (Å²) in [6.45, 7) is 0.233. The lowest BCUT2D eigenvalue weighted by atomic mass is 9.76. The van der Waals surface area contributed by atoms with E-state index in [0.29, 0.717) is 0 Å². The van der Waals surface area contributed by atoms with Gasteiger partial charge in [0.25, 0.3) is 0 Å². The zero-order chi connectivity index (χ0) is 13.3. The van der Waals surface area contributed by atoms with Crippen molar-refractivity contribution in [3.8, 4) is 5.75 Å². The fourth-order valence-electron chi connectivity index (χ4n) is 2.00. The lowest BCUT2D eigenvalue weighted by Crippen LogP contribution is -2.53. The summed E-state index contributed by atoms with van der Waals surface area (Å²) in [5.41, 5.74) is 5.20. The second-order valence-corrected chi connectivity index (χ2v) is 4.50. The SMILES string of the molecule is COc1cc(F)c(C(N)C2(CO)COC2)cc1F. The molecule has 0 radical (unpaired) electrons. The summed E-state index contributed by atoms with van der Waals surface area (Å²) < 4.78 is 37.1. The summed E-state index contributed by atoms with van der Waals surface area (Å²) in [6, 6.07) is 1.14. The summed E-state index contributed by atoms with van der Waals surface area (Å²) in [4.78, 5) is 0. The van der Waals surface area contributed by atoms with Crippen molar-refractivity contribution in [2.24, 2.45) is 11.1 Å². The van der Waals surface area contributed by atoms with Crippen molar-refractivity contribution in [3.05, 3.63) is 29.3 Å². The van der Waals surface area contributed by atoms with Crippen LogP contribution in [-0.4, -0.2) is 32.0 Å². The van der Waals surface area contributed by atoms with Crippen LogP contribution in [-0.2, 0) is 4.74 Å². The van der Waals surface area contributed by atoms with Gasteiger partial charge in [-0.25, -0.2) is 8.78 Å². The van der Waals surface area contributed by atoms with Crippen molar-refractivity contribution in [2.75, 3.05) is 26.9 Å². The predicted molar refractivity (Wildman–Crippen MR) is 60.2 cm³/mol. The molecule has 0 aliphatic carbocycles. The van der Waals surface area contributed by atoms with Gasteiger partial charge in [-0.1, -0.05) is 0 Å². The van der Waals surface area contributed by atoms with Crippen molar-refractivity contribution in [1.29, 1.82) is 0 Å². The minimum absolute atomic E-state index is 0.0191. The number of halogens is 2. The smallest absolute Gasteiger partial charge is 0.165 e. The maximum atomic E-state index is 13.8. The Morgan fingerprint density at radius 2 is 2.11 bits per heavy atom. The van der Waals surface area contributed by atoms with Crippen molar-refractivity contribution < 1.29 is 23.4 Å². The zero-order valence-corrected chi connectivity index (χ0v) is 9.95. The van der Waals surface area contributed by atoms with E-state index in [9.17, 15) is 13.9 Å². The molecular weight excluding hydrogens is 244 g/mol. The first-order valence-corrected chi connectivity index (χ1v) is 5.51. The molecule has 0 saturated carbocycles. The summed E-state index contributed by atoms with van der Waals surface area (Å²) in [6.07, 6.45) is 0. The Labute approximate surface area is 103 Å². The van der Waals surface area contributed by atoms with Gasteiger partial charge in [0, 0.05) is 17.7 Å². The Morgan fingerprint density at radius 1 is 1.44 bits per heavy atom. The second kappa shape index (κ2) is 4.79. The molecule has 1 heterocycles. The molecule has 100 valence electrons. The average Bonchev–Trinajstić information content (AvgIpc) is 2.30. The van der Waals surface area contributed by atoms with E-state index in [2.05, 4.69) is 4.74 Å². The van der Waals surface area contributed by atoms with E-state index in [-0.39, 0.29) is 31.1 Å². The van der Waals surface area contributed by atoms with Gasteiger partial charge in [0.2, 0.25) is 0 Å². The van der Waals surface area contributed by atoms with Gasteiger partial charge in [0.1, 0.15) is 5.82 Å². The Morgan fingerprint density at radius 3 is 2.56 bits per heavy atom. The summed E-state index contributed by atoms with van der Waals surface area (Å²) in [5.74, 6) is -1.51. The number of rotatable bonds is 4. The Balaban J connectivity index is 2.36. The third-order valence-electron chi connectivity index (χ3n) is 3.36. The Bertz CT molecular complexity index is 444. The molecule has 4 nitrogen and oxygen atoms in total. The molecule has 1 unspecified atom stereocenters. The third kappa shape index (κ3) is 1.96. The molecule has 0 aromatic heterocycles. The van der Waals surface area contributed by atoms with Crippen molar-refractivity contribution in [1.82, 2.24) is 0 Å². The maximum Gasteiger partial charge on any atom is 0.165 e. The molecule has 1 aromatic rings. The summed E-state index contributed by atoms with van der Waals surface area (Å²) >= 11 is 0. The van der Waals surface area contributed by atoms with E-state index in [1.807, 2.05) is 0 Å². The normalized spacial score (nSPS) is 19.2. The Hall–Kier alpha value is -1.24. The number of hydrogen-bond acceptors (Lipinski definition) is 4. The highest BCUT2D eigenvalue weighted by molar-refractivity contribution is 5.33. The summed E-state index contributed by atoms with van der Waals surface area (Å²) in [7, 11) is 1.26. The van der Waals surface area contributed by atoms with Gasteiger partial charge < -0.3 is 20.3 Å². The lowest BCUT2D eigenvalue weighted by Gasteiger charge is -2.44. The number of ether oxygens (including phenoxy) is 2. The molecule has 1 aliphatic heterocycles. The number of methoxy groups -OCH3 is 1. The molecule has 0 amide bonds. The van der Waals surface area contributed by atoms with E-state index in [0.717, 1.165) is 12.1 Å². The number of aliphatic hydroxyl groups is 1. The molecule has 2 rings (SSSR count).